The number of nitrogens with zero attached hydrogens (tertiary/aromatic N) is 1. The van der Waals surface area contributed by atoms with Gasteiger partial charge in [-0.1, -0.05) is 53.7 Å². The van der Waals surface area contributed by atoms with Crippen LogP contribution in [0.3, 0.4) is 0 Å². The molecule has 0 unspecified atom stereocenters. The smallest absolute Gasteiger partial charge is 0.257 e. The Labute approximate surface area is 126 Å². The van der Waals surface area contributed by atoms with Crippen molar-refractivity contribution in [2.45, 2.75) is 0 Å². The number of hydrogen-bond donors (Lipinski definition) is 1. The van der Waals surface area contributed by atoms with Crippen LogP contribution in [0.25, 0.3) is 21.7 Å². The third kappa shape index (κ3) is 2.02. The van der Waals surface area contributed by atoms with Gasteiger partial charge in [0.1, 0.15) is 0 Å². The van der Waals surface area contributed by atoms with Crippen LogP contribution in [0.15, 0.2) is 71.3 Å². The Bertz CT molecular complexity index is 983. The summed E-state index contributed by atoms with van der Waals surface area (Å²) in [5.74, 6) is 0.240. The van der Waals surface area contributed by atoms with Crippen molar-refractivity contribution in [2.24, 2.45) is 0 Å². The van der Waals surface area contributed by atoms with Crippen molar-refractivity contribution in [1.82, 2.24) is 5.16 Å². The van der Waals surface area contributed by atoms with Gasteiger partial charge in [-0.25, -0.2) is 0 Å². The SMILES string of the molecule is O=C(Nc1noc2ccccc12)c1cccc2ccccc12. The molecular formula is C18H12N2O2. The number of benzene rings is 3. The lowest BCUT2D eigenvalue weighted by molar-refractivity contribution is 0.102. The number of para-hydroxylation sites is 1. The number of rotatable bonds is 2. The molecule has 0 saturated carbocycles. The summed E-state index contributed by atoms with van der Waals surface area (Å²) >= 11 is 0. The Morgan fingerprint density at radius 2 is 1.59 bits per heavy atom. The maximum absolute atomic E-state index is 12.6. The summed E-state index contributed by atoms with van der Waals surface area (Å²) in [5, 5.41) is 9.49. The first kappa shape index (κ1) is 12.6. The zero-order chi connectivity index (χ0) is 14.9. The number of nitrogens with one attached hydrogen (secondary N) is 1. The van der Waals surface area contributed by atoms with Crippen molar-refractivity contribution < 1.29 is 9.32 Å². The highest BCUT2D eigenvalue weighted by molar-refractivity contribution is 6.14. The zero-order valence-corrected chi connectivity index (χ0v) is 11.6. The zero-order valence-electron chi connectivity index (χ0n) is 11.6. The molecule has 4 rings (SSSR count). The van der Waals surface area contributed by atoms with Crippen LogP contribution < -0.4 is 5.32 Å². The van der Waals surface area contributed by atoms with E-state index in [2.05, 4.69) is 10.5 Å². The number of aromatic nitrogens is 1. The van der Waals surface area contributed by atoms with Gasteiger partial charge in [-0.05, 0) is 29.0 Å². The van der Waals surface area contributed by atoms with Crippen LogP contribution >= 0.6 is 0 Å². The van der Waals surface area contributed by atoms with Gasteiger partial charge in [0.25, 0.3) is 5.91 Å². The van der Waals surface area contributed by atoms with Crippen LogP contribution in [-0.4, -0.2) is 11.1 Å². The normalized spacial score (nSPS) is 10.9. The van der Waals surface area contributed by atoms with E-state index in [1.807, 2.05) is 60.7 Å². The van der Waals surface area contributed by atoms with Crippen molar-refractivity contribution in [3.8, 4) is 0 Å². The fourth-order valence-corrected chi connectivity index (χ4v) is 2.57. The van der Waals surface area contributed by atoms with E-state index >= 15 is 0 Å². The molecule has 0 bridgehead atoms. The van der Waals surface area contributed by atoms with E-state index in [0.29, 0.717) is 17.0 Å². The Balaban J connectivity index is 1.75. The Morgan fingerprint density at radius 3 is 2.50 bits per heavy atom. The van der Waals surface area contributed by atoms with Crippen molar-refractivity contribution >= 4 is 33.5 Å². The van der Waals surface area contributed by atoms with Gasteiger partial charge in [0.2, 0.25) is 0 Å². The van der Waals surface area contributed by atoms with Crippen LogP contribution in [0.1, 0.15) is 10.4 Å². The molecule has 4 heteroatoms. The first-order valence-electron chi connectivity index (χ1n) is 6.96. The summed E-state index contributed by atoms with van der Waals surface area (Å²) < 4.78 is 5.21. The maximum atomic E-state index is 12.6. The van der Waals surface area contributed by atoms with E-state index < -0.39 is 0 Å². The number of anilines is 1. The Hall–Kier alpha value is -3.14. The molecule has 0 aliphatic heterocycles. The minimum absolute atomic E-state index is 0.198. The summed E-state index contributed by atoms with van der Waals surface area (Å²) in [7, 11) is 0. The van der Waals surface area contributed by atoms with Crippen molar-refractivity contribution in [2.75, 3.05) is 5.32 Å². The first-order valence-corrected chi connectivity index (χ1v) is 6.96. The lowest BCUT2D eigenvalue weighted by atomic mass is 10.0. The monoisotopic (exact) mass is 288 g/mol. The lowest BCUT2D eigenvalue weighted by Gasteiger charge is -2.06. The number of carbonyl (C=O) groups is 1. The molecule has 1 N–H and O–H groups in total. The molecule has 106 valence electrons. The topological polar surface area (TPSA) is 55.1 Å². The van der Waals surface area contributed by atoms with E-state index in [0.717, 1.165) is 16.2 Å². The molecule has 4 aromatic rings. The molecule has 22 heavy (non-hydrogen) atoms. The second kappa shape index (κ2) is 5.00. The molecule has 0 radical (unpaired) electrons. The molecule has 0 saturated heterocycles. The van der Waals surface area contributed by atoms with Gasteiger partial charge >= 0.3 is 0 Å². The van der Waals surface area contributed by atoms with Gasteiger partial charge in [0.15, 0.2) is 11.4 Å². The number of fused-ring (bicyclic) bond motifs is 2. The molecule has 4 nitrogen and oxygen atoms in total. The van der Waals surface area contributed by atoms with Crippen molar-refractivity contribution in [1.29, 1.82) is 0 Å². The summed E-state index contributed by atoms with van der Waals surface area (Å²) in [5.41, 5.74) is 1.26. The van der Waals surface area contributed by atoms with Crippen molar-refractivity contribution in [3.63, 3.8) is 0 Å². The number of carbonyl (C=O) groups excluding carboxylic acids is 1. The molecule has 1 aromatic heterocycles. The van der Waals surface area contributed by atoms with Gasteiger partial charge in [-0.2, -0.15) is 0 Å². The molecule has 1 amide bonds. The Morgan fingerprint density at radius 1 is 0.864 bits per heavy atom. The van der Waals surface area contributed by atoms with E-state index in [-0.39, 0.29) is 5.91 Å². The molecule has 1 heterocycles. The standard InChI is InChI=1S/C18H12N2O2/c21-18(14-10-5-7-12-6-1-2-8-13(12)14)19-17-15-9-3-4-11-16(15)22-20-17/h1-11H,(H,19,20,21). The predicted molar refractivity (Wildman–Crippen MR) is 85.9 cm³/mol. The van der Waals surface area contributed by atoms with Crippen molar-refractivity contribution in [3.05, 3.63) is 72.3 Å². The fourth-order valence-electron chi connectivity index (χ4n) is 2.57. The highest BCUT2D eigenvalue weighted by Crippen LogP contribution is 2.24. The van der Waals surface area contributed by atoms with Crippen LogP contribution in [0.2, 0.25) is 0 Å². The summed E-state index contributed by atoms with van der Waals surface area (Å²) in [6.07, 6.45) is 0. The molecule has 0 aliphatic rings. The average molecular weight is 288 g/mol. The van der Waals surface area contributed by atoms with Gasteiger partial charge in [-0.3, -0.25) is 4.79 Å². The maximum Gasteiger partial charge on any atom is 0.257 e. The quantitative estimate of drug-likeness (QED) is 0.600. The summed E-state index contributed by atoms with van der Waals surface area (Å²) in [6.45, 7) is 0. The molecule has 0 atom stereocenters. The highest BCUT2D eigenvalue weighted by atomic mass is 16.5. The molecule has 0 spiro atoms. The fraction of sp³-hybridized carbons (Fsp3) is 0. The third-order valence-corrected chi connectivity index (χ3v) is 3.64. The number of amides is 1. The minimum Gasteiger partial charge on any atom is -0.354 e. The van der Waals surface area contributed by atoms with Gasteiger partial charge in [0.05, 0.1) is 5.39 Å². The first-order chi connectivity index (χ1) is 10.8. The average Bonchev–Trinajstić information content (AvgIpc) is 2.97. The van der Waals surface area contributed by atoms with Crippen LogP contribution in [-0.2, 0) is 0 Å². The number of hydrogen-bond acceptors (Lipinski definition) is 3. The summed E-state index contributed by atoms with van der Waals surface area (Å²) in [4.78, 5) is 12.6. The van der Waals surface area contributed by atoms with Gasteiger partial charge in [-0.15, -0.1) is 0 Å². The lowest BCUT2D eigenvalue weighted by Crippen LogP contribution is -2.12. The molecule has 0 fully saturated rings. The summed E-state index contributed by atoms with van der Waals surface area (Å²) in [6, 6.07) is 20.9. The predicted octanol–water partition coefficient (Wildman–Crippen LogP) is 4.23. The van der Waals surface area contributed by atoms with Crippen LogP contribution in [0, 0.1) is 0 Å². The largest absolute Gasteiger partial charge is 0.354 e. The van der Waals surface area contributed by atoms with E-state index in [9.17, 15) is 4.79 Å². The molecule has 0 aliphatic carbocycles. The second-order valence-corrected chi connectivity index (χ2v) is 5.01. The highest BCUT2D eigenvalue weighted by Gasteiger charge is 2.14. The Kier molecular flexibility index (Phi) is 2.86. The molecule has 3 aromatic carbocycles. The van der Waals surface area contributed by atoms with Gasteiger partial charge < -0.3 is 9.84 Å². The van der Waals surface area contributed by atoms with Crippen LogP contribution in [0.4, 0.5) is 5.82 Å². The minimum atomic E-state index is -0.198. The third-order valence-electron chi connectivity index (χ3n) is 3.64. The van der Waals surface area contributed by atoms with Crippen LogP contribution in [0.5, 0.6) is 0 Å². The van der Waals surface area contributed by atoms with E-state index in [1.165, 1.54) is 0 Å². The van der Waals surface area contributed by atoms with E-state index in [4.69, 9.17) is 4.52 Å². The van der Waals surface area contributed by atoms with Gasteiger partial charge in [0, 0.05) is 5.56 Å². The van der Waals surface area contributed by atoms with E-state index in [1.54, 1.807) is 6.07 Å². The second-order valence-electron chi connectivity index (χ2n) is 5.01. The molecular weight excluding hydrogens is 276 g/mol.